The molecule has 2 aromatic rings. The third kappa shape index (κ3) is 6.50. The van der Waals surface area contributed by atoms with Crippen molar-refractivity contribution in [1.29, 1.82) is 0 Å². The molecule has 0 atom stereocenters. The van der Waals surface area contributed by atoms with Crippen LogP contribution in [0.25, 0.3) is 6.08 Å². The molecule has 33 heavy (non-hydrogen) atoms. The van der Waals surface area contributed by atoms with Gasteiger partial charge in [-0.15, -0.1) is 0 Å². The van der Waals surface area contributed by atoms with Crippen molar-refractivity contribution in [3.63, 3.8) is 0 Å². The van der Waals surface area contributed by atoms with E-state index in [1.54, 1.807) is 43.5 Å². The number of ether oxygens (including phenoxy) is 2. The lowest BCUT2D eigenvalue weighted by molar-refractivity contribution is -0.123. The van der Waals surface area contributed by atoms with Crippen molar-refractivity contribution in [2.75, 3.05) is 13.7 Å². The highest BCUT2D eigenvalue weighted by molar-refractivity contribution is 8.26. The Labute approximate surface area is 208 Å². The number of carbonyl (C=O) groups is 2. The average Bonchev–Trinajstić information content (AvgIpc) is 3.07. The van der Waals surface area contributed by atoms with Crippen LogP contribution >= 0.6 is 35.6 Å². The molecule has 0 aliphatic carbocycles. The number of benzene rings is 2. The normalized spacial score (nSPS) is 14.6. The number of carbonyl (C=O) groups excluding carboxylic acids is 2. The number of nitrogens with zero attached hydrogens (tertiary/aromatic N) is 1. The number of methoxy groups -OCH3 is 1. The van der Waals surface area contributed by atoms with Crippen LogP contribution in [0.2, 0.25) is 5.02 Å². The lowest BCUT2D eigenvalue weighted by Gasteiger charge is -2.16. The molecule has 9 heteroatoms. The molecule has 6 nitrogen and oxygen atoms in total. The van der Waals surface area contributed by atoms with E-state index in [1.165, 1.54) is 12.8 Å². The number of rotatable bonds is 10. The number of thioether (sulfide) groups is 1. The summed E-state index contributed by atoms with van der Waals surface area (Å²) in [5, 5.41) is 1.35. The van der Waals surface area contributed by atoms with E-state index in [1.807, 2.05) is 12.1 Å². The van der Waals surface area contributed by atoms with Crippen LogP contribution in [0.1, 0.15) is 48.5 Å². The van der Waals surface area contributed by atoms with Gasteiger partial charge in [0.15, 0.2) is 15.8 Å². The second-order valence-electron chi connectivity index (χ2n) is 7.26. The Balaban J connectivity index is 1.69. The number of amides is 2. The molecule has 2 aromatic carbocycles. The van der Waals surface area contributed by atoms with Crippen molar-refractivity contribution in [2.24, 2.45) is 0 Å². The predicted octanol–water partition coefficient (Wildman–Crippen LogP) is 5.85. The second-order valence-corrected chi connectivity index (χ2v) is 9.34. The van der Waals surface area contributed by atoms with E-state index in [0.29, 0.717) is 23.0 Å². The third-order valence-corrected chi connectivity index (χ3v) is 6.50. The lowest BCUT2D eigenvalue weighted by atomic mass is 10.2. The van der Waals surface area contributed by atoms with Crippen molar-refractivity contribution in [1.82, 2.24) is 10.4 Å². The SMILES string of the molecule is CCCCCCOc1ccc(/C=C2\SC(=S)N(NC(=O)c3ccccc3Cl)C2=O)cc1OC. The Morgan fingerprint density at radius 1 is 1.18 bits per heavy atom. The van der Waals surface area contributed by atoms with Crippen LogP contribution in [0.4, 0.5) is 0 Å². The molecule has 174 valence electrons. The molecule has 3 rings (SSSR count). The fourth-order valence-electron chi connectivity index (χ4n) is 3.13. The van der Waals surface area contributed by atoms with Crippen LogP contribution < -0.4 is 14.9 Å². The van der Waals surface area contributed by atoms with Gasteiger partial charge in [-0.05, 0) is 54.5 Å². The van der Waals surface area contributed by atoms with Crippen LogP contribution in [0, 0.1) is 0 Å². The minimum Gasteiger partial charge on any atom is -0.493 e. The highest BCUT2D eigenvalue weighted by Gasteiger charge is 2.34. The minimum atomic E-state index is -0.514. The van der Waals surface area contributed by atoms with Crippen molar-refractivity contribution >= 4 is 57.8 Å². The van der Waals surface area contributed by atoms with E-state index < -0.39 is 11.8 Å². The summed E-state index contributed by atoms with van der Waals surface area (Å²) in [4.78, 5) is 25.8. The summed E-state index contributed by atoms with van der Waals surface area (Å²) in [6.07, 6.45) is 6.19. The maximum Gasteiger partial charge on any atom is 0.285 e. The summed E-state index contributed by atoms with van der Waals surface area (Å²) < 4.78 is 11.5. The molecular weight excluding hydrogens is 480 g/mol. The average molecular weight is 505 g/mol. The molecule has 0 bridgehead atoms. The summed E-state index contributed by atoms with van der Waals surface area (Å²) in [5.74, 6) is 0.313. The van der Waals surface area contributed by atoms with Gasteiger partial charge in [-0.25, -0.2) is 0 Å². The van der Waals surface area contributed by atoms with Gasteiger partial charge in [-0.3, -0.25) is 15.0 Å². The maximum absolute atomic E-state index is 12.9. The lowest BCUT2D eigenvalue weighted by Crippen LogP contribution is -2.44. The van der Waals surface area contributed by atoms with Gasteiger partial charge in [0.1, 0.15) is 0 Å². The summed E-state index contributed by atoms with van der Waals surface area (Å²) in [7, 11) is 1.58. The number of unbranched alkanes of at least 4 members (excludes halogenated alkanes) is 3. The fourth-order valence-corrected chi connectivity index (χ4v) is 4.53. The predicted molar refractivity (Wildman–Crippen MR) is 137 cm³/mol. The van der Waals surface area contributed by atoms with E-state index in [2.05, 4.69) is 12.3 Å². The molecule has 1 heterocycles. The van der Waals surface area contributed by atoms with Gasteiger partial charge in [0.25, 0.3) is 11.8 Å². The summed E-state index contributed by atoms with van der Waals surface area (Å²) in [6.45, 7) is 2.79. The van der Waals surface area contributed by atoms with Crippen molar-refractivity contribution in [2.45, 2.75) is 32.6 Å². The number of nitrogens with one attached hydrogen (secondary N) is 1. The van der Waals surface area contributed by atoms with Crippen LogP contribution in [-0.2, 0) is 4.79 Å². The van der Waals surface area contributed by atoms with Gasteiger partial charge in [0.05, 0.1) is 29.2 Å². The van der Waals surface area contributed by atoms with Gasteiger partial charge in [0, 0.05) is 0 Å². The van der Waals surface area contributed by atoms with Gasteiger partial charge in [-0.1, -0.05) is 67.7 Å². The molecule has 0 saturated carbocycles. The molecule has 1 aliphatic heterocycles. The van der Waals surface area contributed by atoms with E-state index in [9.17, 15) is 9.59 Å². The number of hydrazine groups is 1. The summed E-state index contributed by atoms with van der Waals surface area (Å²) in [5.41, 5.74) is 3.54. The molecular formula is C24H25ClN2O4S2. The van der Waals surface area contributed by atoms with E-state index in [4.69, 9.17) is 33.3 Å². The number of hydrogen-bond donors (Lipinski definition) is 1. The fraction of sp³-hybridized carbons (Fsp3) is 0.292. The first-order valence-corrected chi connectivity index (χ1v) is 12.2. The molecule has 1 N–H and O–H groups in total. The summed E-state index contributed by atoms with van der Waals surface area (Å²) in [6, 6.07) is 12.1. The molecule has 0 aromatic heterocycles. The highest BCUT2D eigenvalue weighted by Crippen LogP contribution is 2.34. The monoisotopic (exact) mass is 504 g/mol. The van der Waals surface area contributed by atoms with Gasteiger partial charge < -0.3 is 9.47 Å². The first-order chi connectivity index (χ1) is 15.9. The Morgan fingerprint density at radius 2 is 1.97 bits per heavy atom. The van der Waals surface area contributed by atoms with Crippen molar-refractivity contribution in [3.8, 4) is 11.5 Å². The quantitative estimate of drug-likeness (QED) is 0.248. The minimum absolute atomic E-state index is 0.227. The molecule has 0 radical (unpaired) electrons. The van der Waals surface area contributed by atoms with E-state index >= 15 is 0 Å². The molecule has 2 amide bonds. The van der Waals surface area contributed by atoms with Crippen LogP contribution in [-0.4, -0.2) is 34.9 Å². The zero-order valence-electron chi connectivity index (χ0n) is 18.4. The zero-order chi connectivity index (χ0) is 23.8. The molecule has 0 spiro atoms. The van der Waals surface area contributed by atoms with Crippen LogP contribution in [0.5, 0.6) is 11.5 Å². The van der Waals surface area contributed by atoms with Gasteiger partial charge in [0.2, 0.25) is 0 Å². The van der Waals surface area contributed by atoms with Gasteiger partial charge in [-0.2, -0.15) is 5.01 Å². The Morgan fingerprint density at radius 3 is 2.70 bits per heavy atom. The zero-order valence-corrected chi connectivity index (χ0v) is 20.8. The van der Waals surface area contributed by atoms with Crippen LogP contribution in [0.3, 0.4) is 0 Å². The van der Waals surface area contributed by atoms with Crippen molar-refractivity contribution in [3.05, 3.63) is 63.5 Å². The highest BCUT2D eigenvalue weighted by atomic mass is 35.5. The Kier molecular flexibility index (Phi) is 9.17. The largest absolute Gasteiger partial charge is 0.493 e. The second kappa shape index (κ2) is 12.1. The number of thiocarbonyl (C=S) groups is 1. The number of hydrogen-bond acceptors (Lipinski definition) is 6. The van der Waals surface area contributed by atoms with Crippen LogP contribution in [0.15, 0.2) is 47.4 Å². The first-order valence-electron chi connectivity index (χ1n) is 10.6. The van der Waals surface area contributed by atoms with Crippen molar-refractivity contribution < 1.29 is 19.1 Å². The number of halogens is 1. The third-order valence-electron chi connectivity index (χ3n) is 4.87. The topological polar surface area (TPSA) is 67.9 Å². The smallest absolute Gasteiger partial charge is 0.285 e. The van der Waals surface area contributed by atoms with E-state index in [0.717, 1.165) is 35.2 Å². The van der Waals surface area contributed by atoms with Gasteiger partial charge >= 0.3 is 0 Å². The Hall–Kier alpha value is -2.55. The Bertz CT molecular complexity index is 1070. The first kappa shape index (κ1) is 25.1. The summed E-state index contributed by atoms with van der Waals surface area (Å²) >= 11 is 12.5. The maximum atomic E-state index is 12.9. The molecule has 1 saturated heterocycles. The molecule has 1 fully saturated rings. The molecule has 0 unspecified atom stereocenters. The standard InChI is InChI=1S/C24H25ClN2O4S2/c1-3-4-5-8-13-31-19-12-11-16(14-20(19)30-2)15-21-23(29)27(24(32)33-21)26-22(28)17-9-6-7-10-18(17)25/h6-7,9-12,14-15H,3-5,8,13H2,1-2H3,(H,26,28)/b21-15-. The van der Waals surface area contributed by atoms with E-state index in [-0.39, 0.29) is 14.9 Å². The molecule has 1 aliphatic rings.